The highest BCUT2D eigenvalue weighted by atomic mass is 15.3. The van der Waals surface area contributed by atoms with Crippen LogP contribution in [0.1, 0.15) is 31.9 Å². The smallest absolute Gasteiger partial charge is 0.0764 e. The first-order valence-corrected chi connectivity index (χ1v) is 7.12. The van der Waals surface area contributed by atoms with Gasteiger partial charge in [0.2, 0.25) is 0 Å². The van der Waals surface area contributed by atoms with Crippen molar-refractivity contribution in [1.82, 2.24) is 20.0 Å². The Balaban J connectivity index is 1.67. The molecule has 1 atom stereocenters. The van der Waals surface area contributed by atoms with Crippen molar-refractivity contribution < 1.29 is 0 Å². The molecule has 1 aliphatic heterocycles. The number of hydrogen-bond donors (Lipinski definition) is 1. The lowest BCUT2D eigenvalue weighted by Gasteiger charge is -2.33. The fourth-order valence-corrected chi connectivity index (χ4v) is 3.18. The van der Waals surface area contributed by atoms with E-state index in [1.807, 2.05) is 17.9 Å². The Bertz CT molecular complexity index is 410. The second kappa shape index (κ2) is 4.67. The predicted octanol–water partition coefficient (Wildman–Crippen LogP) is 1.38. The first kappa shape index (κ1) is 12.2. The molecule has 4 nitrogen and oxygen atoms in total. The van der Waals surface area contributed by atoms with Crippen LogP contribution in [-0.2, 0) is 13.6 Å². The highest BCUT2D eigenvalue weighted by Gasteiger charge is 2.42. The molecule has 18 heavy (non-hydrogen) atoms. The molecule has 1 aromatic heterocycles. The van der Waals surface area contributed by atoms with Crippen molar-refractivity contribution in [3.05, 3.63) is 18.0 Å². The maximum absolute atomic E-state index is 4.50. The molecule has 2 heterocycles. The Morgan fingerprint density at radius 1 is 1.50 bits per heavy atom. The van der Waals surface area contributed by atoms with Crippen LogP contribution in [0.4, 0.5) is 0 Å². The minimum atomic E-state index is 0.325. The molecule has 2 aliphatic rings. The molecule has 1 unspecified atom stereocenters. The van der Waals surface area contributed by atoms with Gasteiger partial charge in [0, 0.05) is 31.9 Å². The summed E-state index contributed by atoms with van der Waals surface area (Å²) in [6.07, 6.45) is 6.09. The highest BCUT2D eigenvalue weighted by Crippen LogP contribution is 2.40. The molecule has 0 amide bonds. The number of aryl methyl sites for hydroxylation is 1. The molecule has 1 N–H and O–H groups in total. The number of aromatic nitrogens is 2. The molecule has 0 spiro atoms. The van der Waals surface area contributed by atoms with E-state index in [-0.39, 0.29) is 0 Å². The topological polar surface area (TPSA) is 33.1 Å². The maximum Gasteiger partial charge on any atom is 0.0764 e. The number of hydrogen-bond acceptors (Lipinski definition) is 3. The Morgan fingerprint density at radius 2 is 2.33 bits per heavy atom. The van der Waals surface area contributed by atoms with Crippen molar-refractivity contribution >= 4 is 0 Å². The standard InChI is InChI=1S/C14H24N4/c1-14(12-4-5-12)11-18(8-3-7-15-14)10-13-6-9-17(2)16-13/h6,9,12,15H,3-5,7-8,10-11H2,1-2H3. The fraction of sp³-hybridized carbons (Fsp3) is 0.786. The monoisotopic (exact) mass is 248 g/mol. The van der Waals surface area contributed by atoms with Crippen LogP contribution >= 0.6 is 0 Å². The molecule has 1 aliphatic carbocycles. The van der Waals surface area contributed by atoms with Crippen molar-refractivity contribution in [1.29, 1.82) is 0 Å². The second-order valence-corrected chi connectivity index (χ2v) is 6.16. The molecule has 0 radical (unpaired) electrons. The molecular weight excluding hydrogens is 224 g/mol. The summed E-state index contributed by atoms with van der Waals surface area (Å²) in [5.74, 6) is 0.891. The normalized spacial score (nSPS) is 30.3. The first-order chi connectivity index (χ1) is 8.66. The predicted molar refractivity (Wildman–Crippen MR) is 72.2 cm³/mol. The Morgan fingerprint density at radius 3 is 3.00 bits per heavy atom. The van der Waals surface area contributed by atoms with Gasteiger partial charge < -0.3 is 5.32 Å². The third-order valence-corrected chi connectivity index (χ3v) is 4.36. The largest absolute Gasteiger partial charge is 0.310 e. The summed E-state index contributed by atoms with van der Waals surface area (Å²) in [5.41, 5.74) is 1.52. The fourth-order valence-electron chi connectivity index (χ4n) is 3.18. The molecule has 1 aromatic rings. The van der Waals surface area contributed by atoms with Crippen molar-refractivity contribution in [3.63, 3.8) is 0 Å². The summed E-state index contributed by atoms with van der Waals surface area (Å²) in [5, 5.41) is 8.27. The third kappa shape index (κ3) is 2.59. The van der Waals surface area contributed by atoms with Crippen LogP contribution in [0.3, 0.4) is 0 Å². The van der Waals surface area contributed by atoms with Crippen LogP contribution in [0.2, 0.25) is 0 Å². The lowest BCUT2D eigenvalue weighted by Crippen LogP contribution is -2.50. The van der Waals surface area contributed by atoms with Gasteiger partial charge in [-0.15, -0.1) is 0 Å². The summed E-state index contributed by atoms with van der Waals surface area (Å²) in [7, 11) is 1.99. The summed E-state index contributed by atoms with van der Waals surface area (Å²) in [4.78, 5) is 2.57. The van der Waals surface area contributed by atoms with E-state index in [9.17, 15) is 0 Å². The zero-order chi connectivity index (χ0) is 12.6. The molecule has 1 saturated carbocycles. The molecule has 0 bridgehead atoms. The van der Waals surface area contributed by atoms with E-state index in [4.69, 9.17) is 0 Å². The van der Waals surface area contributed by atoms with Crippen LogP contribution in [0.15, 0.2) is 12.3 Å². The van der Waals surface area contributed by atoms with Gasteiger partial charge in [-0.2, -0.15) is 5.10 Å². The van der Waals surface area contributed by atoms with Crippen molar-refractivity contribution in [3.8, 4) is 0 Å². The van der Waals surface area contributed by atoms with E-state index in [0.717, 1.165) is 25.6 Å². The van der Waals surface area contributed by atoms with E-state index in [1.54, 1.807) is 0 Å². The second-order valence-electron chi connectivity index (χ2n) is 6.16. The summed E-state index contributed by atoms with van der Waals surface area (Å²) in [6, 6.07) is 2.13. The molecular formula is C14H24N4. The van der Waals surface area contributed by atoms with Crippen LogP contribution in [-0.4, -0.2) is 39.9 Å². The summed E-state index contributed by atoms with van der Waals surface area (Å²) >= 11 is 0. The number of nitrogens with one attached hydrogen (secondary N) is 1. The van der Waals surface area contributed by atoms with Gasteiger partial charge in [-0.05, 0) is 51.3 Å². The minimum absolute atomic E-state index is 0.325. The highest BCUT2D eigenvalue weighted by molar-refractivity contribution is 5.03. The molecule has 1 saturated heterocycles. The first-order valence-electron chi connectivity index (χ1n) is 7.12. The average Bonchev–Trinajstić information content (AvgIpc) is 3.11. The van der Waals surface area contributed by atoms with Crippen molar-refractivity contribution in [2.24, 2.45) is 13.0 Å². The maximum atomic E-state index is 4.50. The lowest BCUT2D eigenvalue weighted by molar-refractivity contribution is 0.193. The lowest BCUT2D eigenvalue weighted by atomic mass is 9.95. The Labute approximate surface area is 109 Å². The van der Waals surface area contributed by atoms with Crippen LogP contribution < -0.4 is 5.32 Å². The van der Waals surface area contributed by atoms with E-state index < -0.39 is 0 Å². The van der Waals surface area contributed by atoms with Gasteiger partial charge in [-0.3, -0.25) is 9.58 Å². The van der Waals surface area contributed by atoms with Crippen molar-refractivity contribution in [2.75, 3.05) is 19.6 Å². The van der Waals surface area contributed by atoms with Crippen LogP contribution in [0, 0.1) is 5.92 Å². The van der Waals surface area contributed by atoms with E-state index in [1.165, 1.54) is 31.5 Å². The van der Waals surface area contributed by atoms with Gasteiger partial charge in [0.05, 0.1) is 5.69 Å². The van der Waals surface area contributed by atoms with Gasteiger partial charge in [-0.25, -0.2) is 0 Å². The van der Waals surface area contributed by atoms with E-state index in [0.29, 0.717) is 5.54 Å². The zero-order valence-electron chi connectivity index (χ0n) is 11.5. The number of nitrogens with zero attached hydrogens (tertiary/aromatic N) is 3. The van der Waals surface area contributed by atoms with Gasteiger partial charge >= 0.3 is 0 Å². The van der Waals surface area contributed by atoms with Gasteiger partial charge in [0.15, 0.2) is 0 Å². The zero-order valence-corrected chi connectivity index (χ0v) is 11.5. The van der Waals surface area contributed by atoms with Crippen molar-refractivity contribution in [2.45, 2.75) is 38.3 Å². The quantitative estimate of drug-likeness (QED) is 0.877. The molecule has 2 fully saturated rings. The SMILES string of the molecule is Cn1ccc(CN2CCCNC(C)(C3CC3)C2)n1. The molecule has 3 rings (SSSR count). The molecule has 100 valence electrons. The molecule has 4 heteroatoms. The van der Waals surface area contributed by atoms with Gasteiger partial charge in [0.25, 0.3) is 0 Å². The number of rotatable bonds is 3. The van der Waals surface area contributed by atoms with E-state index >= 15 is 0 Å². The van der Waals surface area contributed by atoms with Crippen LogP contribution in [0.5, 0.6) is 0 Å². The Kier molecular flexibility index (Phi) is 3.16. The summed E-state index contributed by atoms with van der Waals surface area (Å²) < 4.78 is 1.89. The summed E-state index contributed by atoms with van der Waals surface area (Å²) in [6.45, 7) is 6.90. The van der Waals surface area contributed by atoms with Crippen LogP contribution in [0.25, 0.3) is 0 Å². The van der Waals surface area contributed by atoms with E-state index in [2.05, 4.69) is 28.3 Å². The Hall–Kier alpha value is -0.870. The minimum Gasteiger partial charge on any atom is -0.310 e. The average molecular weight is 248 g/mol. The van der Waals surface area contributed by atoms with Gasteiger partial charge in [-0.1, -0.05) is 0 Å². The third-order valence-electron chi connectivity index (χ3n) is 4.36. The van der Waals surface area contributed by atoms with Gasteiger partial charge in [0.1, 0.15) is 0 Å². The molecule has 0 aromatic carbocycles.